The summed E-state index contributed by atoms with van der Waals surface area (Å²) in [6, 6.07) is 3.40. The van der Waals surface area contributed by atoms with Crippen molar-refractivity contribution in [3.63, 3.8) is 0 Å². The molecule has 0 fully saturated rings. The van der Waals surface area contributed by atoms with E-state index in [1.807, 2.05) is 12.2 Å². The molecule has 4 heteroatoms. The Morgan fingerprint density at radius 3 is 2.62 bits per heavy atom. The fourth-order valence-electron chi connectivity index (χ4n) is 0.877. The van der Waals surface area contributed by atoms with Crippen LogP contribution in [0.15, 0.2) is 18.2 Å². The maximum atomic E-state index is 5.93. The monoisotopic (exact) mass is 279 g/mol. The molecule has 1 aromatic rings. The van der Waals surface area contributed by atoms with Gasteiger partial charge in [0.1, 0.15) is 0 Å². The smallest absolute Gasteiger partial charge is 0.0642 e. The van der Waals surface area contributed by atoms with E-state index < -0.39 is 0 Å². The predicted molar refractivity (Wildman–Crippen MR) is 63.7 cm³/mol. The Labute approximate surface area is 95.7 Å². The minimum Gasteiger partial charge on any atom is -0.397 e. The van der Waals surface area contributed by atoms with Crippen LogP contribution in [0.3, 0.4) is 0 Å². The SMILES string of the molecule is Nc1cc(Cl)c(C=CCBr)cc1Cl. The van der Waals surface area contributed by atoms with Crippen LogP contribution in [0.1, 0.15) is 5.56 Å². The molecule has 0 atom stereocenters. The fraction of sp³-hybridized carbons (Fsp3) is 0.111. The zero-order valence-corrected chi connectivity index (χ0v) is 9.83. The van der Waals surface area contributed by atoms with E-state index in [1.165, 1.54) is 0 Å². The maximum absolute atomic E-state index is 5.93. The van der Waals surface area contributed by atoms with Crippen molar-refractivity contribution in [1.82, 2.24) is 0 Å². The fourth-order valence-corrected chi connectivity index (χ4v) is 1.47. The molecule has 1 aromatic carbocycles. The number of rotatable bonds is 2. The average molecular weight is 281 g/mol. The first kappa shape index (κ1) is 10.9. The van der Waals surface area contributed by atoms with Gasteiger partial charge >= 0.3 is 0 Å². The van der Waals surface area contributed by atoms with Crippen molar-refractivity contribution in [3.8, 4) is 0 Å². The minimum atomic E-state index is 0.502. The number of hydrogen-bond donors (Lipinski definition) is 1. The van der Waals surface area contributed by atoms with Crippen molar-refractivity contribution < 1.29 is 0 Å². The highest BCUT2D eigenvalue weighted by Gasteiger charge is 2.01. The number of nitrogen functional groups attached to an aromatic ring is 1. The highest BCUT2D eigenvalue weighted by molar-refractivity contribution is 9.09. The molecule has 0 aromatic heterocycles. The third-order valence-corrected chi connectivity index (χ3v) is 2.53. The Kier molecular flexibility index (Phi) is 4.10. The molecule has 13 heavy (non-hydrogen) atoms. The molecule has 0 amide bonds. The number of anilines is 1. The average Bonchev–Trinajstić information content (AvgIpc) is 2.09. The normalized spacial score (nSPS) is 11.0. The quantitative estimate of drug-likeness (QED) is 0.644. The second-order valence-electron chi connectivity index (χ2n) is 2.45. The van der Waals surface area contributed by atoms with Crippen LogP contribution in [0.5, 0.6) is 0 Å². The van der Waals surface area contributed by atoms with E-state index in [0.717, 1.165) is 10.9 Å². The number of benzene rings is 1. The van der Waals surface area contributed by atoms with Gasteiger partial charge in [-0.1, -0.05) is 51.3 Å². The van der Waals surface area contributed by atoms with Crippen molar-refractivity contribution in [2.45, 2.75) is 0 Å². The highest BCUT2D eigenvalue weighted by atomic mass is 79.9. The van der Waals surface area contributed by atoms with Crippen LogP contribution in [0, 0.1) is 0 Å². The van der Waals surface area contributed by atoms with Gasteiger partial charge in [0.2, 0.25) is 0 Å². The van der Waals surface area contributed by atoms with Gasteiger partial charge in [0.05, 0.1) is 10.7 Å². The summed E-state index contributed by atoms with van der Waals surface area (Å²) >= 11 is 15.0. The molecule has 0 heterocycles. The third-order valence-electron chi connectivity index (χ3n) is 1.50. The minimum absolute atomic E-state index is 0.502. The Bertz CT molecular complexity index is 337. The Morgan fingerprint density at radius 2 is 2.00 bits per heavy atom. The first-order chi connectivity index (χ1) is 6.15. The molecular formula is C9H8BrCl2N. The van der Waals surface area contributed by atoms with Crippen LogP contribution in [0.4, 0.5) is 5.69 Å². The summed E-state index contributed by atoms with van der Waals surface area (Å²) in [5.74, 6) is 0. The van der Waals surface area contributed by atoms with E-state index in [-0.39, 0.29) is 0 Å². The molecule has 1 nitrogen and oxygen atoms in total. The lowest BCUT2D eigenvalue weighted by Crippen LogP contribution is -1.87. The number of allylic oxidation sites excluding steroid dienone is 1. The number of hydrogen-bond acceptors (Lipinski definition) is 1. The van der Waals surface area contributed by atoms with Gasteiger partial charge in [-0.3, -0.25) is 0 Å². The summed E-state index contributed by atoms with van der Waals surface area (Å²) in [7, 11) is 0. The van der Waals surface area contributed by atoms with Gasteiger partial charge < -0.3 is 5.73 Å². The molecule has 2 N–H and O–H groups in total. The molecule has 1 rings (SSSR count). The van der Waals surface area contributed by atoms with E-state index in [4.69, 9.17) is 28.9 Å². The second-order valence-corrected chi connectivity index (χ2v) is 3.91. The molecule has 0 saturated carbocycles. The van der Waals surface area contributed by atoms with Crippen LogP contribution >= 0.6 is 39.1 Å². The Balaban J connectivity index is 3.08. The molecule has 0 saturated heterocycles. The molecule has 70 valence electrons. The van der Waals surface area contributed by atoms with Crippen molar-refractivity contribution >= 4 is 50.9 Å². The molecule has 0 aliphatic rings. The summed E-state index contributed by atoms with van der Waals surface area (Å²) < 4.78 is 0. The van der Waals surface area contributed by atoms with Crippen LogP contribution in [0.25, 0.3) is 6.08 Å². The number of nitrogens with two attached hydrogens (primary N) is 1. The van der Waals surface area contributed by atoms with Crippen LogP contribution in [-0.4, -0.2) is 5.33 Å². The standard InChI is InChI=1S/C9H8BrCl2N/c10-3-1-2-6-4-8(12)9(13)5-7(6)11/h1-2,4-5H,3,13H2. The third kappa shape index (κ3) is 2.90. The molecule has 0 radical (unpaired) electrons. The number of alkyl halides is 1. The van der Waals surface area contributed by atoms with Crippen LogP contribution < -0.4 is 5.73 Å². The van der Waals surface area contributed by atoms with E-state index >= 15 is 0 Å². The first-order valence-electron chi connectivity index (χ1n) is 3.62. The summed E-state index contributed by atoms with van der Waals surface area (Å²) in [6.07, 6.45) is 3.83. The van der Waals surface area contributed by atoms with E-state index in [2.05, 4.69) is 15.9 Å². The lowest BCUT2D eigenvalue weighted by atomic mass is 10.2. The van der Waals surface area contributed by atoms with Gasteiger partial charge in [-0.15, -0.1) is 0 Å². The lowest BCUT2D eigenvalue weighted by Gasteiger charge is -2.02. The van der Waals surface area contributed by atoms with E-state index in [0.29, 0.717) is 15.7 Å². The maximum Gasteiger partial charge on any atom is 0.0642 e. The van der Waals surface area contributed by atoms with E-state index in [9.17, 15) is 0 Å². The predicted octanol–water partition coefficient (Wildman–Crippen LogP) is 3.98. The molecule has 0 bridgehead atoms. The first-order valence-corrected chi connectivity index (χ1v) is 5.50. The topological polar surface area (TPSA) is 26.0 Å². The van der Waals surface area contributed by atoms with E-state index in [1.54, 1.807) is 12.1 Å². The van der Waals surface area contributed by atoms with Gasteiger partial charge in [-0.25, -0.2) is 0 Å². The Morgan fingerprint density at radius 1 is 1.31 bits per heavy atom. The highest BCUT2D eigenvalue weighted by Crippen LogP contribution is 2.27. The van der Waals surface area contributed by atoms with Crippen molar-refractivity contribution in [2.24, 2.45) is 0 Å². The number of halogens is 3. The summed E-state index contributed by atoms with van der Waals surface area (Å²) in [5.41, 5.74) is 6.95. The van der Waals surface area contributed by atoms with Crippen molar-refractivity contribution in [1.29, 1.82) is 0 Å². The summed E-state index contributed by atoms with van der Waals surface area (Å²) in [6.45, 7) is 0. The summed E-state index contributed by atoms with van der Waals surface area (Å²) in [4.78, 5) is 0. The van der Waals surface area contributed by atoms with Crippen LogP contribution in [-0.2, 0) is 0 Å². The molecule has 0 spiro atoms. The van der Waals surface area contributed by atoms with Crippen molar-refractivity contribution in [2.75, 3.05) is 11.1 Å². The molecular weight excluding hydrogens is 273 g/mol. The summed E-state index contributed by atoms with van der Waals surface area (Å²) in [5, 5.41) is 1.92. The largest absolute Gasteiger partial charge is 0.397 e. The molecule has 0 aliphatic carbocycles. The second kappa shape index (κ2) is 4.89. The zero-order valence-electron chi connectivity index (χ0n) is 6.73. The van der Waals surface area contributed by atoms with Gasteiger partial charge in [0.15, 0.2) is 0 Å². The Hall–Kier alpha value is -0.180. The van der Waals surface area contributed by atoms with Crippen molar-refractivity contribution in [3.05, 3.63) is 33.8 Å². The van der Waals surface area contributed by atoms with Crippen LogP contribution in [0.2, 0.25) is 10.0 Å². The van der Waals surface area contributed by atoms with Gasteiger partial charge in [0.25, 0.3) is 0 Å². The van der Waals surface area contributed by atoms with Gasteiger partial charge in [-0.05, 0) is 17.7 Å². The molecule has 0 aliphatic heterocycles. The van der Waals surface area contributed by atoms with Gasteiger partial charge in [-0.2, -0.15) is 0 Å². The molecule has 0 unspecified atom stereocenters. The zero-order chi connectivity index (χ0) is 9.84. The van der Waals surface area contributed by atoms with Gasteiger partial charge in [0, 0.05) is 10.4 Å². The lowest BCUT2D eigenvalue weighted by molar-refractivity contribution is 1.63.